The number of benzene rings is 2. The highest BCUT2D eigenvalue weighted by atomic mass is 16.2. The molecule has 0 aromatic heterocycles. The van der Waals surface area contributed by atoms with Crippen molar-refractivity contribution in [3.63, 3.8) is 0 Å². The van der Waals surface area contributed by atoms with Crippen molar-refractivity contribution in [2.45, 2.75) is 32.6 Å². The van der Waals surface area contributed by atoms with Crippen molar-refractivity contribution in [2.75, 3.05) is 0 Å². The van der Waals surface area contributed by atoms with E-state index in [0.717, 1.165) is 40.8 Å². The number of hydrazone groups is 1. The SMILES string of the molecule is C=C(C)[C@@H]1CC=C(C)/C(=N\NC(=O)C(c2ccccc2)c2ccccc2)C1. The fourth-order valence-corrected chi connectivity index (χ4v) is 3.40. The summed E-state index contributed by atoms with van der Waals surface area (Å²) in [5.74, 6) is -0.116. The molecular weight excluding hydrogens is 332 g/mol. The summed E-state index contributed by atoms with van der Waals surface area (Å²) in [5, 5.41) is 4.48. The minimum Gasteiger partial charge on any atom is -0.272 e. The maximum atomic E-state index is 13.1. The Bertz CT molecular complexity index is 826. The number of carbonyl (C=O) groups is 1. The number of rotatable bonds is 5. The maximum absolute atomic E-state index is 13.1. The van der Waals surface area contributed by atoms with Crippen LogP contribution < -0.4 is 5.43 Å². The van der Waals surface area contributed by atoms with E-state index in [1.165, 1.54) is 0 Å². The molecule has 1 aliphatic carbocycles. The normalized spacial score (nSPS) is 18.3. The van der Waals surface area contributed by atoms with Crippen LogP contribution in [0.15, 0.2) is 89.6 Å². The van der Waals surface area contributed by atoms with E-state index in [1.807, 2.05) is 67.6 Å². The molecular formula is C24H26N2O. The Morgan fingerprint density at radius 3 is 2.15 bits per heavy atom. The Labute approximate surface area is 161 Å². The molecule has 1 aliphatic rings. The van der Waals surface area contributed by atoms with Crippen LogP contribution in [-0.4, -0.2) is 11.6 Å². The number of carbonyl (C=O) groups excluding carboxylic acids is 1. The summed E-state index contributed by atoms with van der Waals surface area (Å²) in [6.07, 6.45) is 3.99. The molecule has 0 bridgehead atoms. The van der Waals surface area contributed by atoms with Gasteiger partial charge in [0.05, 0.1) is 11.6 Å². The zero-order valence-corrected chi connectivity index (χ0v) is 16.0. The molecule has 0 fully saturated rings. The fraction of sp³-hybridized carbons (Fsp3) is 0.250. The van der Waals surface area contributed by atoms with Crippen molar-refractivity contribution in [1.29, 1.82) is 0 Å². The molecule has 0 saturated heterocycles. The lowest BCUT2D eigenvalue weighted by molar-refractivity contribution is -0.121. The Morgan fingerprint density at radius 2 is 1.63 bits per heavy atom. The lowest BCUT2D eigenvalue weighted by Gasteiger charge is -2.23. The summed E-state index contributed by atoms with van der Waals surface area (Å²) in [5.41, 5.74) is 7.95. The van der Waals surface area contributed by atoms with Gasteiger partial charge in [-0.05, 0) is 49.3 Å². The second-order valence-corrected chi connectivity index (χ2v) is 7.16. The standard InChI is InChI=1S/C24H26N2O/c1-17(2)21-15-14-18(3)22(16-21)25-26-24(27)23(19-10-6-4-7-11-19)20-12-8-5-9-13-20/h4-14,21,23H,1,15-16H2,2-3H3,(H,26,27)/b25-22-/t21-/m1/s1. The molecule has 0 radical (unpaired) electrons. The van der Waals surface area contributed by atoms with Crippen LogP contribution in [-0.2, 0) is 4.79 Å². The molecule has 138 valence electrons. The number of amides is 1. The highest BCUT2D eigenvalue weighted by Gasteiger charge is 2.23. The summed E-state index contributed by atoms with van der Waals surface area (Å²) in [7, 11) is 0. The molecule has 3 rings (SSSR count). The van der Waals surface area contributed by atoms with Crippen LogP contribution >= 0.6 is 0 Å². The largest absolute Gasteiger partial charge is 0.272 e. The Kier molecular flexibility index (Phi) is 6.02. The van der Waals surface area contributed by atoms with Crippen molar-refractivity contribution in [1.82, 2.24) is 5.43 Å². The van der Waals surface area contributed by atoms with Crippen LogP contribution in [0, 0.1) is 5.92 Å². The van der Waals surface area contributed by atoms with E-state index in [-0.39, 0.29) is 11.8 Å². The summed E-state index contributed by atoms with van der Waals surface area (Å²) in [6.45, 7) is 8.17. The molecule has 0 aliphatic heterocycles. The van der Waals surface area contributed by atoms with E-state index in [1.54, 1.807) is 0 Å². The molecule has 3 nitrogen and oxygen atoms in total. The first-order chi connectivity index (χ1) is 13.1. The van der Waals surface area contributed by atoms with Crippen LogP contribution in [0.3, 0.4) is 0 Å². The van der Waals surface area contributed by atoms with E-state index in [9.17, 15) is 4.79 Å². The summed E-state index contributed by atoms with van der Waals surface area (Å²) in [4.78, 5) is 13.1. The Balaban J connectivity index is 1.84. The van der Waals surface area contributed by atoms with Crippen LogP contribution in [0.2, 0.25) is 0 Å². The smallest absolute Gasteiger partial charge is 0.252 e. The van der Waals surface area contributed by atoms with Crippen molar-refractivity contribution < 1.29 is 4.79 Å². The number of hydrogen-bond acceptors (Lipinski definition) is 2. The van der Waals surface area contributed by atoms with Gasteiger partial charge in [0.1, 0.15) is 0 Å². The van der Waals surface area contributed by atoms with Crippen molar-refractivity contribution >= 4 is 11.6 Å². The van der Waals surface area contributed by atoms with E-state index in [0.29, 0.717) is 5.92 Å². The van der Waals surface area contributed by atoms with Gasteiger partial charge in [-0.3, -0.25) is 4.79 Å². The molecule has 1 N–H and O–H groups in total. The van der Waals surface area contributed by atoms with Crippen molar-refractivity contribution in [3.8, 4) is 0 Å². The maximum Gasteiger partial charge on any atom is 0.252 e. The van der Waals surface area contributed by atoms with Crippen molar-refractivity contribution in [3.05, 3.63) is 95.6 Å². The van der Waals surface area contributed by atoms with Gasteiger partial charge in [0.15, 0.2) is 0 Å². The average Bonchev–Trinajstić information content (AvgIpc) is 2.69. The molecule has 2 aromatic rings. The number of nitrogens with one attached hydrogen (secondary N) is 1. The quantitative estimate of drug-likeness (QED) is 0.577. The highest BCUT2D eigenvalue weighted by molar-refractivity contribution is 6.01. The monoisotopic (exact) mass is 358 g/mol. The summed E-state index contributed by atoms with van der Waals surface area (Å²) >= 11 is 0. The molecule has 1 amide bonds. The first kappa shape index (κ1) is 18.8. The third-order valence-electron chi connectivity index (χ3n) is 5.13. The number of allylic oxidation sites excluding steroid dienone is 3. The summed E-state index contributed by atoms with van der Waals surface area (Å²) < 4.78 is 0. The molecule has 0 heterocycles. The second-order valence-electron chi connectivity index (χ2n) is 7.16. The van der Waals surface area contributed by atoms with Gasteiger partial charge in [-0.15, -0.1) is 0 Å². The van der Waals surface area contributed by atoms with E-state index in [2.05, 4.69) is 30.1 Å². The average molecular weight is 358 g/mol. The van der Waals surface area contributed by atoms with Gasteiger partial charge in [0.25, 0.3) is 5.91 Å². The van der Waals surface area contributed by atoms with Crippen LogP contribution in [0.1, 0.15) is 43.7 Å². The lowest BCUT2D eigenvalue weighted by atomic mass is 9.85. The fourth-order valence-electron chi connectivity index (χ4n) is 3.40. The molecule has 2 aromatic carbocycles. The molecule has 0 saturated carbocycles. The highest BCUT2D eigenvalue weighted by Crippen LogP contribution is 2.27. The van der Waals surface area contributed by atoms with Gasteiger partial charge < -0.3 is 0 Å². The second kappa shape index (κ2) is 8.63. The van der Waals surface area contributed by atoms with Gasteiger partial charge in [0.2, 0.25) is 0 Å². The van der Waals surface area contributed by atoms with E-state index in [4.69, 9.17) is 0 Å². The van der Waals surface area contributed by atoms with Gasteiger partial charge in [0, 0.05) is 0 Å². The van der Waals surface area contributed by atoms with Gasteiger partial charge in [-0.1, -0.05) is 78.9 Å². The first-order valence-corrected chi connectivity index (χ1v) is 9.35. The molecule has 27 heavy (non-hydrogen) atoms. The van der Waals surface area contributed by atoms with Gasteiger partial charge in [-0.25, -0.2) is 5.43 Å². The molecule has 3 heteroatoms. The third-order valence-corrected chi connectivity index (χ3v) is 5.13. The topological polar surface area (TPSA) is 41.5 Å². The lowest BCUT2D eigenvalue weighted by Crippen LogP contribution is -2.28. The molecule has 1 atom stereocenters. The van der Waals surface area contributed by atoms with Gasteiger partial charge in [-0.2, -0.15) is 5.10 Å². The minimum absolute atomic E-state index is 0.120. The predicted octanol–water partition coefficient (Wildman–Crippen LogP) is 5.22. The first-order valence-electron chi connectivity index (χ1n) is 9.35. The number of nitrogens with zero attached hydrogens (tertiary/aromatic N) is 1. The van der Waals surface area contributed by atoms with Crippen LogP contribution in [0.25, 0.3) is 0 Å². The Morgan fingerprint density at radius 1 is 1.07 bits per heavy atom. The predicted molar refractivity (Wildman–Crippen MR) is 112 cm³/mol. The zero-order chi connectivity index (χ0) is 19.2. The van der Waals surface area contributed by atoms with E-state index >= 15 is 0 Å². The van der Waals surface area contributed by atoms with Crippen LogP contribution in [0.4, 0.5) is 0 Å². The third kappa shape index (κ3) is 4.62. The van der Waals surface area contributed by atoms with E-state index < -0.39 is 0 Å². The van der Waals surface area contributed by atoms with Gasteiger partial charge >= 0.3 is 0 Å². The number of hydrogen-bond donors (Lipinski definition) is 1. The van der Waals surface area contributed by atoms with Crippen molar-refractivity contribution in [2.24, 2.45) is 11.0 Å². The minimum atomic E-state index is -0.387. The molecule has 0 spiro atoms. The summed E-state index contributed by atoms with van der Waals surface area (Å²) in [6, 6.07) is 19.6. The molecule has 0 unspecified atom stereocenters. The Hall–Kier alpha value is -2.94. The zero-order valence-electron chi connectivity index (χ0n) is 16.0. The van der Waals surface area contributed by atoms with Crippen LogP contribution in [0.5, 0.6) is 0 Å².